The van der Waals surface area contributed by atoms with E-state index >= 15 is 0 Å². The van der Waals surface area contributed by atoms with Gasteiger partial charge in [0, 0.05) is 51.7 Å². The lowest BCUT2D eigenvalue weighted by atomic mass is 9.80. The molecule has 1 aliphatic rings. The predicted molar refractivity (Wildman–Crippen MR) is 161 cm³/mol. The van der Waals surface area contributed by atoms with E-state index in [1.807, 2.05) is 26.0 Å². The van der Waals surface area contributed by atoms with Crippen molar-refractivity contribution >= 4 is 5.91 Å². The molecule has 4 N–H and O–H groups in total. The average Bonchev–Trinajstić information content (AvgIpc) is 2.96. The lowest BCUT2D eigenvalue weighted by Gasteiger charge is -2.31. The number of methoxy groups -OCH3 is 3. The predicted octanol–water partition coefficient (Wildman–Crippen LogP) is 3.83. The molecule has 0 bridgehead atoms. The largest absolute Gasteiger partial charge is 0.493 e. The molecule has 1 amide bonds. The number of carbonyl (C=O) groups excluding carboxylic acids is 1. The number of hydrogen-bond donors (Lipinski definition) is 3. The molecule has 1 aromatic rings. The number of ether oxygens (including phenoxy) is 5. The van der Waals surface area contributed by atoms with Gasteiger partial charge in [0.05, 0.1) is 39.1 Å². The van der Waals surface area contributed by atoms with E-state index in [9.17, 15) is 9.90 Å². The van der Waals surface area contributed by atoms with Crippen LogP contribution >= 0.6 is 0 Å². The Morgan fingerprint density at radius 3 is 2.46 bits per heavy atom. The molecule has 9 nitrogen and oxygen atoms in total. The zero-order valence-electron chi connectivity index (χ0n) is 26.4. The number of benzene rings is 1. The quantitative estimate of drug-likeness (QED) is 0.211. The number of hydrogen-bond acceptors (Lipinski definition) is 8. The Morgan fingerprint density at radius 2 is 1.83 bits per heavy atom. The van der Waals surface area contributed by atoms with Gasteiger partial charge in [-0.05, 0) is 61.1 Å². The van der Waals surface area contributed by atoms with Gasteiger partial charge in [-0.2, -0.15) is 0 Å². The summed E-state index contributed by atoms with van der Waals surface area (Å²) in [5.74, 6) is 1.97. The van der Waals surface area contributed by atoms with Crippen molar-refractivity contribution in [3.05, 3.63) is 23.8 Å². The molecule has 9 heteroatoms. The first kappa shape index (κ1) is 35.3. The molecule has 1 heterocycles. The first-order valence-electron chi connectivity index (χ1n) is 15.2. The Kier molecular flexibility index (Phi) is 16.0. The summed E-state index contributed by atoms with van der Waals surface area (Å²) in [6, 6.07) is 5.60. The van der Waals surface area contributed by atoms with Crippen molar-refractivity contribution in [2.24, 2.45) is 35.3 Å². The van der Waals surface area contributed by atoms with Crippen LogP contribution in [0.5, 0.6) is 11.5 Å². The second-order valence-electron chi connectivity index (χ2n) is 12.2. The van der Waals surface area contributed by atoms with Crippen LogP contribution in [0.25, 0.3) is 0 Å². The normalized spacial score (nSPS) is 20.5. The van der Waals surface area contributed by atoms with Crippen LogP contribution in [0.3, 0.4) is 0 Å². The van der Waals surface area contributed by atoms with E-state index in [0.717, 1.165) is 30.6 Å². The summed E-state index contributed by atoms with van der Waals surface area (Å²) in [4.78, 5) is 13.1. The molecule has 6 atom stereocenters. The summed E-state index contributed by atoms with van der Waals surface area (Å²) in [7, 11) is 5.00. The molecule has 41 heavy (non-hydrogen) atoms. The Labute approximate surface area is 247 Å². The highest BCUT2D eigenvalue weighted by molar-refractivity contribution is 5.78. The molecule has 0 aliphatic carbocycles. The van der Waals surface area contributed by atoms with Gasteiger partial charge < -0.3 is 39.8 Å². The van der Waals surface area contributed by atoms with Crippen LogP contribution in [0.1, 0.15) is 58.9 Å². The van der Waals surface area contributed by atoms with Crippen LogP contribution in [-0.2, 0) is 25.4 Å². The fourth-order valence-electron chi connectivity index (χ4n) is 5.42. The maximum Gasteiger partial charge on any atom is 0.223 e. The number of nitrogens with one attached hydrogen (secondary N) is 1. The van der Waals surface area contributed by atoms with Gasteiger partial charge in [0.1, 0.15) is 0 Å². The van der Waals surface area contributed by atoms with Gasteiger partial charge in [-0.1, -0.05) is 33.8 Å². The summed E-state index contributed by atoms with van der Waals surface area (Å²) >= 11 is 0. The van der Waals surface area contributed by atoms with Gasteiger partial charge in [0.15, 0.2) is 11.5 Å². The van der Waals surface area contributed by atoms with Crippen molar-refractivity contribution in [3.63, 3.8) is 0 Å². The summed E-state index contributed by atoms with van der Waals surface area (Å²) in [5.41, 5.74) is 7.71. The Hall–Kier alpha value is -1.91. The summed E-state index contributed by atoms with van der Waals surface area (Å²) < 4.78 is 27.6. The van der Waals surface area contributed by atoms with Gasteiger partial charge >= 0.3 is 0 Å². The molecule has 0 saturated carbocycles. The van der Waals surface area contributed by atoms with E-state index < -0.39 is 12.1 Å². The molecule has 236 valence electrons. The molecule has 0 aromatic heterocycles. The molecule has 0 radical (unpaired) electrons. The van der Waals surface area contributed by atoms with Crippen molar-refractivity contribution in [1.82, 2.24) is 5.32 Å². The summed E-state index contributed by atoms with van der Waals surface area (Å²) in [5, 5.41) is 14.2. The smallest absolute Gasteiger partial charge is 0.223 e. The van der Waals surface area contributed by atoms with E-state index in [1.165, 1.54) is 0 Å². The average molecular weight is 581 g/mol. The van der Waals surface area contributed by atoms with E-state index in [-0.39, 0.29) is 35.7 Å². The van der Waals surface area contributed by atoms with Gasteiger partial charge in [-0.25, -0.2) is 0 Å². The maximum atomic E-state index is 13.1. The number of nitrogens with two attached hydrogens (primary N) is 1. The second-order valence-corrected chi connectivity index (χ2v) is 12.2. The molecule has 1 aromatic carbocycles. The zero-order valence-corrected chi connectivity index (χ0v) is 26.4. The standard InChI is InChI=1S/C32H56N2O7/c1-21(2)25(13-23-9-10-30(39-7)31(15-23)41-12-8-11-37-5)16-28(33)29(35)17-27(22(3)4)32(36)34-18-24-14-26(38-6)20-40-19-24/h9-10,15,21-22,24-29,35H,8,11-14,16-20,33H2,1-7H3,(H,34,36)/t24-,25-,26+,27-,28-,29-/m0/s1. The van der Waals surface area contributed by atoms with Gasteiger partial charge in [-0.3, -0.25) is 4.79 Å². The monoisotopic (exact) mass is 580 g/mol. The highest BCUT2D eigenvalue weighted by Crippen LogP contribution is 2.32. The van der Waals surface area contributed by atoms with E-state index in [2.05, 4.69) is 25.2 Å². The molecule has 0 spiro atoms. The second kappa shape index (κ2) is 18.6. The number of rotatable bonds is 19. The fraction of sp³-hybridized carbons (Fsp3) is 0.781. The molecule has 0 unspecified atom stereocenters. The minimum Gasteiger partial charge on any atom is -0.493 e. The zero-order chi connectivity index (χ0) is 30.4. The molecular weight excluding hydrogens is 524 g/mol. The van der Waals surface area contributed by atoms with E-state index in [0.29, 0.717) is 57.5 Å². The van der Waals surface area contributed by atoms with Crippen molar-refractivity contribution in [2.45, 2.75) is 78.0 Å². The minimum absolute atomic E-state index is 0.0394. The Balaban J connectivity index is 1.97. The fourth-order valence-corrected chi connectivity index (χ4v) is 5.42. The minimum atomic E-state index is -0.777. The molecule has 1 fully saturated rings. The first-order valence-corrected chi connectivity index (χ1v) is 15.2. The Bertz CT molecular complexity index is 882. The maximum absolute atomic E-state index is 13.1. The SMILES string of the molecule is COCCCOc1cc(C[C@@H](C[C@H](N)[C@@H](O)C[C@H](C(=O)NC[C@H]2COC[C@H](OC)C2)C(C)C)C(C)C)ccc1OC. The molecule has 1 saturated heterocycles. The highest BCUT2D eigenvalue weighted by Gasteiger charge is 2.31. The third-order valence-electron chi connectivity index (χ3n) is 8.28. The number of carbonyl (C=O) groups is 1. The van der Waals surface area contributed by atoms with Gasteiger partial charge in [-0.15, -0.1) is 0 Å². The van der Waals surface area contributed by atoms with Crippen LogP contribution in [0.4, 0.5) is 0 Å². The third kappa shape index (κ3) is 12.1. The number of aliphatic hydroxyl groups excluding tert-OH is 1. The van der Waals surface area contributed by atoms with Crippen LogP contribution in [0.15, 0.2) is 18.2 Å². The van der Waals surface area contributed by atoms with E-state index in [1.54, 1.807) is 21.3 Å². The number of aliphatic hydroxyl groups is 1. The number of amides is 1. The topological polar surface area (TPSA) is 122 Å². The lowest BCUT2D eigenvalue weighted by molar-refractivity contribution is -0.128. The third-order valence-corrected chi connectivity index (χ3v) is 8.28. The van der Waals surface area contributed by atoms with Crippen molar-refractivity contribution in [3.8, 4) is 11.5 Å². The molecule has 2 rings (SSSR count). The Morgan fingerprint density at radius 1 is 1.07 bits per heavy atom. The summed E-state index contributed by atoms with van der Waals surface area (Å²) in [6.07, 6.45) is 2.74. The van der Waals surface area contributed by atoms with Crippen LogP contribution in [-0.4, -0.2) is 83.6 Å². The highest BCUT2D eigenvalue weighted by atomic mass is 16.5. The summed E-state index contributed by atoms with van der Waals surface area (Å²) in [6.45, 7) is 11.3. The van der Waals surface area contributed by atoms with Crippen LogP contribution in [0.2, 0.25) is 0 Å². The van der Waals surface area contributed by atoms with Crippen molar-refractivity contribution in [2.75, 3.05) is 54.3 Å². The van der Waals surface area contributed by atoms with Gasteiger partial charge in [0.2, 0.25) is 5.91 Å². The first-order chi connectivity index (χ1) is 19.6. The van der Waals surface area contributed by atoms with Gasteiger partial charge in [0.25, 0.3) is 0 Å². The van der Waals surface area contributed by atoms with E-state index in [4.69, 9.17) is 29.4 Å². The molecule has 1 aliphatic heterocycles. The van der Waals surface area contributed by atoms with Crippen LogP contribution < -0.4 is 20.5 Å². The van der Waals surface area contributed by atoms with Crippen molar-refractivity contribution < 1.29 is 33.6 Å². The van der Waals surface area contributed by atoms with Crippen molar-refractivity contribution in [1.29, 1.82) is 0 Å². The molecular formula is C32H56N2O7. The lowest BCUT2D eigenvalue weighted by Crippen LogP contribution is -2.44. The van der Waals surface area contributed by atoms with Crippen LogP contribution in [0, 0.1) is 29.6 Å².